The summed E-state index contributed by atoms with van der Waals surface area (Å²) in [6.07, 6.45) is 6.14. The Labute approximate surface area is 81.1 Å². The maximum atomic E-state index is 8.17. The summed E-state index contributed by atoms with van der Waals surface area (Å²) in [6.45, 7) is 3.18. The molecule has 0 amide bonds. The SMILES string of the molecule is CCn1cc[n+](C)c1.Cl.[O]=[Al]. The summed E-state index contributed by atoms with van der Waals surface area (Å²) >= 11 is 1.17. The molecular weight excluding hydrogens is 179 g/mol. The number of rotatable bonds is 1. The standard InChI is InChI=1S/C6H11N2.Al.ClH.O/c1-3-8-5-4-7(2)6-8;;;/h4-6H,3H2,1-2H3;;1H;/q+1;;;. The van der Waals surface area contributed by atoms with Crippen molar-refractivity contribution in [2.45, 2.75) is 13.5 Å². The number of halogens is 1. The van der Waals surface area contributed by atoms with Crippen LogP contribution in [0, 0.1) is 0 Å². The van der Waals surface area contributed by atoms with E-state index >= 15 is 0 Å². The first-order chi connectivity index (χ1) is 4.83. The van der Waals surface area contributed by atoms with E-state index in [1.54, 1.807) is 0 Å². The Morgan fingerprint density at radius 1 is 1.55 bits per heavy atom. The summed E-state index contributed by atoms with van der Waals surface area (Å²) in [7, 11) is 2.02. The quantitative estimate of drug-likeness (QED) is 0.461. The van der Waals surface area contributed by atoms with E-state index in [0.717, 1.165) is 6.54 Å². The summed E-state index contributed by atoms with van der Waals surface area (Å²) < 4.78 is 12.3. The molecule has 5 heteroatoms. The van der Waals surface area contributed by atoms with Crippen molar-refractivity contribution in [3.05, 3.63) is 18.7 Å². The predicted octanol–water partition coefficient (Wildman–Crippen LogP) is 0.255. The number of aryl methyl sites for hydroxylation is 2. The van der Waals surface area contributed by atoms with Crippen molar-refractivity contribution < 1.29 is 8.37 Å². The Morgan fingerprint density at radius 2 is 2.09 bits per heavy atom. The van der Waals surface area contributed by atoms with Crippen LogP contribution in [0.15, 0.2) is 18.7 Å². The zero-order chi connectivity index (χ0) is 7.98. The Balaban J connectivity index is 0. The van der Waals surface area contributed by atoms with Crippen LogP contribution in [0.1, 0.15) is 6.92 Å². The van der Waals surface area contributed by atoms with E-state index in [2.05, 4.69) is 24.0 Å². The molecule has 0 saturated heterocycles. The first kappa shape index (κ1) is 13.4. The molecule has 0 N–H and O–H groups in total. The van der Waals surface area contributed by atoms with Gasteiger partial charge in [0, 0.05) is 0 Å². The average molecular weight is 191 g/mol. The van der Waals surface area contributed by atoms with Crippen LogP contribution in [0.25, 0.3) is 0 Å². The second kappa shape index (κ2) is 7.93. The molecule has 0 aliphatic rings. The average Bonchev–Trinajstić information content (AvgIpc) is 2.40. The summed E-state index contributed by atoms with van der Waals surface area (Å²) in [5.74, 6) is 0. The first-order valence-corrected chi connectivity index (χ1v) is 3.54. The van der Waals surface area contributed by atoms with E-state index in [0.29, 0.717) is 0 Å². The van der Waals surface area contributed by atoms with Gasteiger partial charge in [0.25, 0.3) is 0 Å². The Hall–Kier alpha value is -0.168. The summed E-state index contributed by atoms with van der Waals surface area (Å²) in [4.78, 5) is 0. The van der Waals surface area contributed by atoms with Gasteiger partial charge >= 0.3 is 20.0 Å². The van der Waals surface area contributed by atoms with Crippen LogP contribution in [0.2, 0.25) is 0 Å². The van der Waals surface area contributed by atoms with E-state index in [-0.39, 0.29) is 12.4 Å². The fourth-order valence-electron chi connectivity index (χ4n) is 0.689. The molecule has 0 unspecified atom stereocenters. The van der Waals surface area contributed by atoms with Crippen LogP contribution in [-0.2, 0) is 17.4 Å². The molecule has 3 nitrogen and oxygen atoms in total. The Bertz CT molecular complexity index is 192. The van der Waals surface area contributed by atoms with E-state index in [1.165, 1.54) is 16.2 Å². The Kier molecular flexibility index (Phi) is 9.68. The summed E-state index contributed by atoms with van der Waals surface area (Å²) in [5, 5.41) is 0. The van der Waals surface area contributed by atoms with Crippen molar-refractivity contribution >= 4 is 28.6 Å². The predicted molar refractivity (Wildman–Crippen MR) is 45.0 cm³/mol. The van der Waals surface area contributed by atoms with Crippen LogP contribution >= 0.6 is 12.4 Å². The van der Waals surface area contributed by atoms with Gasteiger partial charge in [-0.05, 0) is 6.92 Å². The van der Waals surface area contributed by atoms with Gasteiger partial charge < -0.3 is 0 Å². The van der Waals surface area contributed by atoms with Crippen LogP contribution in [0.4, 0.5) is 0 Å². The fraction of sp³-hybridized carbons (Fsp3) is 0.500. The van der Waals surface area contributed by atoms with E-state index < -0.39 is 0 Å². The topological polar surface area (TPSA) is 25.9 Å². The zero-order valence-corrected chi connectivity index (χ0v) is 8.70. The summed E-state index contributed by atoms with van der Waals surface area (Å²) in [6, 6.07) is 0. The van der Waals surface area contributed by atoms with E-state index in [4.69, 9.17) is 3.80 Å². The van der Waals surface area contributed by atoms with Crippen LogP contribution in [0.3, 0.4) is 0 Å². The molecule has 0 spiro atoms. The molecule has 1 rings (SSSR count). The molecule has 0 aliphatic heterocycles. The van der Waals surface area contributed by atoms with Crippen LogP contribution in [0.5, 0.6) is 0 Å². The number of hydrogen-bond acceptors (Lipinski definition) is 1. The minimum absolute atomic E-state index is 0. The molecule has 0 atom stereocenters. The van der Waals surface area contributed by atoms with Gasteiger partial charge in [0.1, 0.15) is 12.4 Å². The van der Waals surface area contributed by atoms with Crippen molar-refractivity contribution in [2.75, 3.05) is 0 Å². The molecule has 0 aromatic carbocycles. The van der Waals surface area contributed by atoms with Crippen molar-refractivity contribution in [2.24, 2.45) is 7.05 Å². The number of imidazole rings is 1. The van der Waals surface area contributed by atoms with Crippen molar-refractivity contribution in [3.63, 3.8) is 0 Å². The normalized spacial score (nSPS) is 7.36. The van der Waals surface area contributed by atoms with Gasteiger partial charge in [-0.15, -0.1) is 12.4 Å². The molecule has 1 radical (unpaired) electrons. The monoisotopic (exact) mass is 190 g/mol. The molecule has 0 bridgehead atoms. The zero-order valence-electron chi connectivity index (χ0n) is 6.73. The molecule has 11 heavy (non-hydrogen) atoms. The number of aromatic nitrogens is 2. The molecule has 1 aromatic rings. The molecular formula is C6H12AlClN2O+. The van der Waals surface area contributed by atoms with Gasteiger partial charge in [-0.3, -0.25) is 0 Å². The second-order valence-corrected chi connectivity index (χ2v) is 1.91. The number of hydrogen-bond donors (Lipinski definition) is 0. The molecule has 0 saturated carbocycles. The van der Waals surface area contributed by atoms with Crippen molar-refractivity contribution in [1.29, 1.82) is 0 Å². The third-order valence-electron chi connectivity index (χ3n) is 1.19. The molecule has 1 heterocycles. The van der Waals surface area contributed by atoms with Crippen molar-refractivity contribution in [3.8, 4) is 0 Å². The van der Waals surface area contributed by atoms with Gasteiger partial charge in [0.05, 0.1) is 13.6 Å². The van der Waals surface area contributed by atoms with Crippen LogP contribution < -0.4 is 4.57 Å². The molecule has 0 aliphatic carbocycles. The third kappa shape index (κ3) is 5.14. The Morgan fingerprint density at radius 3 is 2.27 bits per heavy atom. The second-order valence-electron chi connectivity index (χ2n) is 1.91. The number of nitrogens with zero attached hydrogens (tertiary/aromatic N) is 2. The molecule has 61 valence electrons. The van der Waals surface area contributed by atoms with E-state index in [9.17, 15) is 0 Å². The van der Waals surface area contributed by atoms with Gasteiger partial charge in [-0.25, -0.2) is 9.13 Å². The molecule has 1 aromatic heterocycles. The van der Waals surface area contributed by atoms with E-state index in [1.807, 2.05) is 17.8 Å². The molecule has 0 fully saturated rings. The fourth-order valence-corrected chi connectivity index (χ4v) is 0.689. The van der Waals surface area contributed by atoms with Gasteiger partial charge in [0.2, 0.25) is 6.33 Å². The summed E-state index contributed by atoms with van der Waals surface area (Å²) in [5.41, 5.74) is 0. The van der Waals surface area contributed by atoms with Gasteiger partial charge in [-0.1, -0.05) is 0 Å². The van der Waals surface area contributed by atoms with Gasteiger partial charge in [-0.2, -0.15) is 0 Å². The van der Waals surface area contributed by atoms with Gasteiger partial charge in [0.15, 0.2) is 0 Å². The van der Waals surface area contributed by atoms with Crippen molar-refractivity contribution in [1.82, 2.24) is 4.57 Å². The first-order valence-electron chi connectivity index (χ1n) is 3.07. The minimum atomic E-state index is 0. The third-order valence-corrected chi connectivity index (χ3v) is 1.19. The van der Waals surface area contributed by atoms with Crippen LogP contribution in [-0.4, -0.2) is 20.8 Å². The maximum absolute atomic E-state index is 8.17.